The van der Waals surface area contributed by atoms with Gasteiger partial charge in [0.15, 0.2) is 0 Å². The lowest BCUT2D eigenvalue weighted by Crippen LogP contribution is -2.27. The van der Waals surface area contributed by atoms with E-state index in [1.807, 2.05) is 62.4 Å². The number of hydrogen-bond acceptors (Lipinski definition) is 4. The lowest BCUT2D eigenvalue weighted by atomic mass is 10.1. The van der Waals surface area contributed by atoms with E-state index in [2.05, 4.69) is 44.0 Å². The summed E-state index contributed by atoms with van der Waals surface area (Å²) in [5, 5.41) is -0.260. The molecule has 1 aliphatic rings. The molecule has 7 heteroatoms. The zero-order valence-corrected chi connectivity index (χ0v) is 22.1. The van der Waals surface area contributed by atoms with Gasteiger partial charge in [0.25, 0.3) is 11.1 Å². The SMILES string of the molecule is Cc1ccc(COc2c(Br)cc(/C=C3\SC(=O)N(Cc4cccc(C)c4)C3=O)cc2Br)cc1. The highest BCUT2D eigenvalue weighted by Crippen LogP contribution is 2.38. The quantitative estimate of drug-likeness (QED) is 0.278. The first-order valence-corrected chi connectivity index (χ1v) is 12.7. The van der Waals surface area contributed by atoms with Crippen LogP contribution in [0.5, 0.6) is 5.75 Å². The lowest BCUT2D eigenvalue weighted by molar-refractivity contribution is -0.123. The molecule has 0 spiro atoms. The predicted molar refractivity (Wildman–Crippen MR) is 140 cm³/mol. The Bertz CT molecular complexity index is 1230. The second-order valence-corrected chi connectivity index (χ2v) is 10.5. The second-order valence-electron chi connectivity index (χ2n) is 7.84. The zero-order valence-electron chi connectivity index (χ0n) is 18.1. The van der Waals surface area contributed by atoms with Crippen molar-refractivity contribution in [1.29, 1.82) is 0 Å². The minimum atomic E-state index is -0.279. The topological polar surface area (TPSA) is 46.6 Å². The van der Waals surface area contributed by atoms with Crippen LogP contribution in [0.4, 0.5) is 4.79 Å². The van der Waals surface area contributed by atoms with Crippen LogP contribution in [-0.4, -0.2) is 16.0 Å². The smallest absolute Gasteiger partial charge is 0.293 e. The average molecular weight is 587 g/mol. The van der Waals surface area contributed by atoms with Crippen molar-refractivity contribution >= 4 is 60.8 Å². The number of thioether (sulfide) groups is 1. The minimum absolute atomic E-state index is 0.260. The summed E-state index contributed by atoms with van der Waals surface area (Å²) in [5.74, 6) is 0.402. The Kier molecular flexibility index (Phi) is 7.41. The van der Waals surface area contributed by atoms with Crippen molar-refractivity contribution in [2.45, 2.75) is 27.0 Å². The van der Waals surface area contributed by atoms with E-state index in [9.17, 15) is 9.59 Å². The van der Waals surface area contributed by atoms with E-state index in [1.165, 1.54) is 10.5 Å². The third-order valence-corrected chi connectivity index (χ3v) is 7.20. The van der Waals surface area contributed by atoms with Gasteiger partial charge in [0.05, 0.1) is 20.4 Å². The zero-order chi connectivity index (χ0) is 23.5. The maximum atomic E-state index is 12.9. The number of ether oxygens (including phenoxy) is 1. The predicted octanol–water partition coefficient (Wildman–Crippen LogP) is 7.64. The molecular weight excluding hydrogens is 566 g/mol. The molecule has 168 valence electrons. The van der Waals surface area contributed by atoms with E-state index < -0.39 is 0 Å². The molecule has 0 aromatic heterocycles. The van der Waals surface area contributed by atoms with E-state index in [1.54, 1.807) is 6.08 Å². The van der Waals surface area contributed by atoms with Crippen LogP contribution in [-0.2, 0) is 17.9 Å². The number of hydrogen-bond donors (Lipinski definition) is 0. The third kappa shape index (κ3) is 5.78. The van der Waals surface area contributed by atoms with Gasteiger partial charge in [0.2, 0.25) is 0 Å². The molecule has 0 unspecified atom stereocenters. The van der Waals surface area contributed by atoms with Crippen LogP contribution in [0.1, 0.15) is 27.8 Å². The molecule has 0 N–H and O–H groups in total. The third-order valence-electron chi connectivity index (χ3n) is 5.12. The Morgan fingerprint density at radius 2 is 1.61 bits per heavy atom. The largest absolute Gasteiger partial charge is 0.487 e. The van der Waals surface area contributed by atoms with Gasteiger partial charge < -0.3 is 4.74 Å². The van der Waals surface area contributed by atoms with Gasteiger partial charge in [0, 0.05) is 0 Å². The molecule has 0 radical (unpaired) electrons. The number of amides is 2. The van der Waals surface area contributed by atoms with Crippen molar-refractivity contribution in [3.63, 3.8) is 0 Å². The summed E-state index contributed by atoms with van der Waals surface area (Å²) in [7, 11) is 0. The Morgan fingerprint density at radius 1 is 0.909 bits per heavy atom. The van der Waals surface area contributed by atoms with E-state index in [0.717, 1.165) is 43.0 Å². The minimum Gasteiger partial charge on any atom is -0.487 e. The van der Waals surface area contributed by atoms with Crippen molar-refractivity contribution in [2.75, 3.05) is 0 Å². The van der Waals surface area contributed by atoms with Gasteiger partial charge in [-0.15, -0.1) is 0 Å². The normalized spacial score (nSPS) is 14.9. The standard InChI is InChI=1S/C26H21Br2NO3S/c1-16-6-8-18(9-7-16)15-32-24-21(27)11-20(12-22(24)28)13-23-25(30)29(26(31)33-23)14-19-5-3-4-17(2)10-19/h3-13H,14-15H2,1-2H3/b23-13-. The van der Waals surface area contributed by atoms with Crippen molar-refractivity contribution in [1.82, 2.24) is 4.90 Å². The van der Waals surface area contributed by atoms with Gasteiger partial charge in [-0.3, -0.25) is 14.5 Å². The van der Waals surface area contributed by atoms with Crippen molar-refractivity contribution in [2.24, 2.45) is 0 Å². The van der Waals surface area contributed by atoms with Gasteiger partial charge in [-0.05, 0) is 92.4 Å². The number of nitrogens with zero attached hydrogens (tertiary/aromatic N) is 1. The number of halogens is 2. The number of aryl methyl sites for hydroxylation is 2. The molecule has 4 rings (SSSR count). The molecule has 3 aromatic rings. The van der Waals surface area contributed by atoms with Crippen LogP contribution in [0.25, 0.3) is 6.08 Å². The first kappa shape index (κ1) is 23.8. The molecule has 1 saturated heterocycles. The molecule has 0 saturated carbocycles. The summed E-state index contributed by atoms with van der Waals surface area (Å²) in [5.41, 5.74) is 5.09. The fraction of sp³-hybridized carbons (Fsp3) is 0.154. The highest BCUT2D eigenvalue weighted by atomic mass is 79.9. The Balaban J connectivity index is 1.49. The number of imide groups is 1. The highest BCUT2D eigenvalue weighted by molar-refractivity contribution is 9.11. The molecule has 0 aliphatic carbocycles. The summed E-state index contributed by atoms with van der Waals surface area (Å²) >= 11 is 8.10. The maximum Gasteiger partial charge on any atom is 0.293 e. The van der Waals surface area contributed by atoms with Crippen LogP contribution < -0.4 is 4.74 Å². The summed E-state index contributed by atoms with van der Waals surface area (Å²) in [6.07, 6.45) is 1.74. The molecule has 33 heavy (non-hydrogen) atoms. The summed E-state index contributed by atoms with van der Waals surface area (Å²) in [4.78, 5) is 27.1. The van der Waals surface area contributed by atoms with Crippen LogP contribution in [0.3, 0.4) is 0 Å². The number of carbonyl (C=O) groups excluding carboxylic acids is 2. The first-order valence-electron chi connectivity index (χ1n) is 10.3. The van der Waals surface area contributed by atoms with Gasteiger partial charge in [-0.1, -0.05) is 59.7 Å². The fourth-order valence-corrected chi connectivity index (χ4v) is 5.71. The summed E-state index contributed by atoms with van der Waals surface area (Å²) < 4.78 is 7.52. The fourth-order valence-electron chi connectivity index (χ4n) is 3.42. The molecule has 1 heterocycles. The van der Waals surface area contributed by atoms with Crippen LogP contribution >= 0.6 is 43.6 Å². The van der Waals surface area contributed by atoms with Gasteiger partial charge in [0.1, 0.15) is 12.4 Å². The van der Waals surface area contributed by atoms with Crippen LogP contribution in [0.15, 0.2) is 74.5 Å². The van der Waals surface area contributed by atoms with Gasteiger partial charge in [-0.25, -0.2) is 0 Å². The molecule has 3 aromatic carbocycles. The van der Waals surface area contributed by atoms with Gasteiger partial charge in [-0.2, -0.15) is 0 Å². The molecule has 0 atom stereocenters. The number of rotatable bonds is 6. The molecule has 4 nitrogen and oxygen atoms in total. The molecule has 0 bridgehead atoms. The van der Waals surface area contributed by atoms with Crippen molar-refractivity contribution in [3.8, 4) is 5.75 Å². The van der Waals surface area contributed by atoms with Crippen molar-refractivity contribution in [3.05, 3.63) is 102 Å². The Labute approximate surface area is 214 Å². The number of carbonyl (C=O) groups is 2. The molecule has 1 aliphatic heterocycles. The Hall–Kier alpha value is -2.35. The molecular formula is C26H21Br2NO3S. The van der Waals surface area contributed by atoms with E-state index >= 15 is 0 Å². The van der Waals surface area contributed by atoms with Crippen LogP contribution in [0, 0.1) is 13.8 Å². The first-order chi connectivity index (χ1) is 15.8. The van der Waals surface area contributed by atoms with E-state index in [-0.39, 0.29) is 17.7 Å². The average Bonchev–Trinajstić information content (AvgIpc) is 3.02. The highest BCUT2D eigenvalue weighted by Gasteiger charge is 2.35. The van der Waals surface area contributed by atoms with Crippen LogP contribution in [0.2, 0.25) is 0 Å². The van der Waals surface area contributed by atoms with E-state index in [4.69, 9.17) is 4.74 Å². The molecule has 1 fully saturated rings. The second kappa shape index (κ2) is 10.3. The maximum absolute atomic E-state index is 12.9. The van der Waals surface area contributed by atoms with Crippen molar-refractivity contribution < 1.29 is 14.3 Å². The van der Waals surface area contributed by atoms with Gasteiger partial charge >= 0.3 is 0 Å². The van der Waals surface area contributed by atoms with E-state index in [0.29, 0.717) is 17.3 Å². The molecule has 2 amide bonds. The monoisotopic (exact) mass is 585 g/mol. The summed E-state index contributed by atoms with van der Waals surface area (Å²) in [6.45, 7) is 4.74. The summed E-state index contributed by atoms with van der Waals surface area (Å²) in [6, 6.07) is 19.8. The Morgan fingerprint density at radius 3 is 2.27 bits per heavy atom. The lowest BCUT2D eigenvalue weighted by Gasteiger charge is -2.13. The number of benzene rings is 3.